The molecule has 0 aliphatic carbocycles. The Kier molecular flexibility index (Phi) is 9.32. The van der Waals surface area contributed by atoms with Crippen molar-refractivity contribution in [1.82, 2.24) is 24.6 Å². The highest BCUT2D eigenvalue weighted by Gasteiger charge is 2.44. The van der Waals surface area contributed by atoms with Crippen molar-refractivity contribution >= 4 is 29.5 Å². The molecule has 1 aromatic carbocycles. The molecule has 0 unspecified atom stereocenters. The van der Waals surface area contributed by atoms with Crippen molar-refractivity contribution in [1.29, 1.82) is 5.26 Å². The normalized spacial score (nSPS) is 18.6. The van der Waals surface area contributed by atoms with Crippen molar-refractivity contribution < 1.29 is 24.2 Å². The number of aromatic nitrogens is 4. The number of fused-ring (bicyclic) bond motifs is 1. The van der Waals surface area contributed by atoms with Gasteiger partial charge in [-0.15, -0.1) is 0 Å². The van der Waals surface area contributed by atoms with Crippen LogP contribution in [0.3, 0.4) is 0 Å². The number of carbonyl (C=O) groups is 2. The number of piperidine rings is 1. The Morgan fingerprint density at radius 1 is 1.22 bits per heavy atom. The van der Waals surface area contributed by atoms with E-state index in [-0.39, 0.29) is 24.7 Å². The highest BCUT2D eigenvalue weighted by Crippen LogP contribution is 2.45. The van der Waals surface area contributed by atoms with Crippen molar-refractivity contribution in [2.75, 3.05) is 50.1 Å². The van der Waals surface area contributed by atoms with E-state index >= 15 is 0 Å². The molecular formula is C33H42N8O5. The first-order valence-electron chi connectivity index (χ1n) is 15.5. The summed E-state index contributed by atoms with van der Waals surface area (Å²) in [6.45, 7) is 11.8. The number of ether oxygens (including phenoxy) is 2. The smallest absolute Gasteiger partial charge is 0.414 e. The number of carbonyl (C=O) groups excluding carboxylic acids is 2. The van der Waals surface area contributed by atoms with Crippen molar-refractivity contribution in [3.05, 3.63) is 47.3 Å². The van der Waals surface area contributed by atoms with Gasteiger partial charge in [-0.1, -0.05) is 6.92 Å². The average molecular weight is 631 g/mol. The zero-order valence-electron chi connectivity index (χ0n) is 27.3. The minimum atomic E-state index is -0.804. The lowest BCUT2D eigenvalue weighted by molar-refractivity contribution is -0.142. The van der Waals surface area contributed by atoms with E-state index in [1.54, 1.807) is 39.1 Å². The molecule has 0 saturated carbocycles. The number of nitrogens with zero attached hydrogens (tertiary/aromatic N) is 7. The number of methoxy groups -OCH3 is 1. The van der Waals surface area contributed by atoms with Gasteiger partial charge < -0.3 is 19.9 Å². The van der Waals surface area contributed by atoms with E-state index in [1.807, 2.05) is 30.7 Å². The molecule has 1 atom stereocenters. The molecule has 46 heavy (non-hydrogen) atoms. The minimum Gasteiger partial charge on any atom is -0.468 e. The highest BCUT2D eigenvalue weighted by atomic mass is 16.6. The predicted molar refractivity (Wildman–Crippen MR) is 172 cm³/mol. The number of esters is 1. The van der Waals surface area contributed by atoms with Crippen LogP contribution in [0.15, 0.2) is 30.5 Å². The van der Waals surface area contributed by atoms with Gasteiger partial charge in [-0.3, -0.25) is 14.6 Å². The van der Waals surface area contributed by atoms with Crippen LogP contribution >= 0.6 is 0 Å². The molecule has 5 rings (SSSR count). The van der Waals surface area contributed by atoms with Crippen LogP contribution < -0.4 is 10.2 Å². The van der Waals surface area contributed by atoms with Crippen LogP contribution in [0.25, 0.3) is 11.3 Å². The molecule has 2 aliphatic rings. The first kappa shape index (κ1) is 32.8. The van der Waals surface area contributed by atoms with E-state index in [9.17, 15) is 20.0 Å². The van der Waals surface area contributed by atoms with Gasteiger partial charge >= 0.3 is 12.1 Å². The summed E-state index contributed by atoms with van der Waals surface area (Å²) in [7, 11) is 1.41. The van der Waals surface area contributed by atoms with Crippen LogP contribution in [-0.2, 0) is 26.2 Å². The molecule has 4 heterocycles. The number of hydrogen-bond donors (Lipinski definition) is 2. The zero-order chi connectivity index (χ0) is 33.2. The number of likely N-dealkylation sites (tertiary alicyclic amines) is 1. The van der Waals surface area contributed by atoms with E-state index in [0.29, 0.717) is 47.5 Å². The Bertz CT molecular complexity index is 1650. The van der Waals surface area contributed by atoms with Gasteiger partial charge in [0.1, 0.15) is 17.5 Å². The van der Waals surface area contributed by atoms with Gasteiger partial charge in [0, 0.05) is 36.3 Å². The molecule has 2 aliphatic heterocycles. The predicted octanol–water partition coefficient (Wildman–Crippen LogP) is 4.15. The Morgan fingerprint density at radius 2 is 1.96 bits per heavy atom. The van der Waals surface area contributed by atoms with E-state index in [4.69, 9.17) is 19.6 Å². The molecule has 0 bridgehead atoms. The lowest BCUT2D eigenvalue weighted by Gasteiger charge is -2.31. The van der Waals surface area contributed by atoms with Crippen LogP contribution in [0.2, 0.25) is 0 Å². The maximum Gasteiger partial charge on any atom is 0.414 e. The number of aryl methyl sites for hydroxylation is 1. The second-order valence-electron chi connectivity index (χ2n) is 13.4. The molecule has 1 fully saturated rings. The number of nitrogens with one attached hydrogen (secondary N) is 1. The minimum absolute atomic E-state index is 0.177. The second kappa shape index (κ2) is 13.1. The summed E-state index contributed by atoms with van der Waals surface area (Å²) in [5, 5.41) is 28.6. The van der Waals surface area contributed by atoms with Crippen LogP contribution in [0, 0.1) is 24.2 Å². The van der Waals surface area contributed by atoms with E-state index in [1.165, 1.54) is 12.0 Å². The second-order valence-corrected chi connectivity index (χ2v) is 13.4. The molecule has 1 amide bonds. The third-order valence-electron chi connectivity index (χ3n) is 8.43. The maximum atomic E-state index is 13.1. The molecule has 0 spiro atoms. The number of amides is 1. The number of aliphatic hydroxyl groups is 1. The summed E-state index contributed by atoms with van der Waals surface area (Å²) in [4.78, 5) is 37.6. The van der Waals surface area contributed by atoms with Crippen LogP contribution in [0.4, 0.5) is 22.2 Å². The summed E-state index contributed by atoms with van der Waals surface area (Å²) in [6.07, 6.45) is 2.97. The number of benzene rings is 1. The van der Waals surface area contributed by atoms with Crippen LogP contribution in [0.1, 0.15) is 57.4 Å². The molecule has 2 aromatic heterocycles. The molecule has 3 aromatic rings. The molecule has 244 valence electrons. The topological polar surface area (TPSA) is 159 Å². The Labute approximate surface area is 269 Å². The van der Waals surface area contributed by atoms with E-state index < -0.39 is 17.1 Å². The number of hydrogen-bond acceptors (Lipinski definition) is 11. The van der Waals surface area contributed by atoms with Crippen molar-refractivity contribution in [3.63, 3.8) is 0 Å². The highest BCUT2D eigenvalue weighted by molar-refractivity contribution is 5.95. The molecule has 13 heteroatoms. The first-order chi connectivity index (χ1) is 21.8. The van der Waals surface area contributed by atoms with Gasteiger partial charge in [-0.05, 0) is 83.3 Å². The largest absolute Gasteiger partial charge is 0.468 e. The molecule has 0 radical (unpaired) electrons. The Balaban J connectivity index is 1.38. The monoisotopic (exact) mass is 630 g/mol. The third-order valence-corrected chi connectivity index (χ3v) is 8.43. The first-order valence-corrected chi connectivity index (χ1v) is 15.5. The number of rotatable bonds is 8. The van der Waals surface area contributed by atoms with Gasteiger partial charge in [-0.2, -0.15) is 10.4 Å². The lowest BCUT2D eigenvalue weighted by atomic mass is 9.83. The molecular weight excluding hydrogens is 588 g/mol. The van der Waals surface area contributed by atoms with Gasteiger partial charge in [0.25, 0.3) is 0 Å². The number of nitriles is 1. The number of anilines is 3. The van der Waals surface area contributed by atoms with Gasteiger partial charge in [0.05, 0.1) is 42.9 Å². The SMILES string of the molecule is COC(=O)CN1CCC(Cn2nc(C)cc2Nc2nccc(-c3cc(C#N)c4c(c3)[C@@](C)(CO)CN4C(=O)OC(C)(C)C)n2)CC1. The average Bonchev–Trinajstić information content (AvgIpc) is 3.52. The van der Waals surface area contributed by atoms with Crippen LogP contribution in [-0.4, -0.2) is 87.3 Å². The Hall–Kier alpha value is -4.54. The van der Waals surface area contributed by atoms with Gasteiger partial charge in [0.2, 0.25) is 5.95 Å². The van der Waals surface area contributed by atoms with Crippen molar-refractivity contribution in [3.8, 4) is 17.3 Å². The standard InChI is InChI=1S/C33H42N8O5/c1-21-13-27(41(38-21)17-22-8-11-39(12-9-22)18-28(43)45-6)37-30-35-10-7-26(36-30)23-14-24(16-34)29-25(15-23)33(5,20-42)19-40(29)31(44)46-32(2,3)4/h7,10,13-15,22,42H,8-9,11-12,17-20H2,1-6H3,(H,35,36,37)/t33-/m1/s1. The van der Waals surface area contributed by atoms with Crippen LogP contribution in [0.5, 0.6) is 0 Å². The Morgan fingerprint density at radius 3 is 2.61 bits per heavy atom. The van der Waals surface area contributed by atoms with Gasteiger partial charge in [-0.25, -0.2) is 19.4 Å². The summed E-state index contributed by atoms with van der Waals surface area (Å²) >= 11 is 0. The fourth-order valence-electron chi connectivity index (χ4n) is 6.04. The molecule has 2 N–H and O–H groups in total. The van der Waals surface area contributed by atoms with Crippen molar-refractivity contribution in [2.24, 2.45) is 5.92 Å². The van der Waals surface area contributed by atoms with Gasteiger partial charge in [0.15, 0.2) is 0 Å². The summed E-state index contributed by atoms with van der Waals surface area (Å²) < 4.78 is 12.4. The molecule has 13 nitrogen and oxygen atoms in total. The summed E-state index contributed by atoms with van der Waals surface area (Å²) in [6, 6.07) is 9.52. The maximum absolute atomic E-state index is 13.1. The third kappa shape index (κ3) is 7.13. The fraction of sp³-hybridized carbons (Fsp3) is 0.515. The fourth-order valence-corrected chi connectivity index (χ4v) is 6.04. The number of aliphatic hydroxyl groups excluding tert-OH is 1. The quantitative estimate of drug-likeness (QED) is 0.344. The van der Waals surface area contributed by atoms with E-state index in [0.717, 1.165) is 37.4 Å². The van der Waals surface area contributed by atoms with Crippen molar-refractivity contribution in [2.45, 2.75) is 65.0 Å². The van der Waals surface area contributed by atoms with E-state index in [2.05, 4.69) is 21.3 Å². The lowest BCUT2D eigenvalue weighted by Crippen LogP contribution is -2.40. The zero-order valence-corrected chi connectivity index (χ0v) is 27.3. The summed E-state index contributed by atoms with van der Waals surface area (Å²) in [5.41, 5.74) is 1.98. The molecule has 1 saturated heterocycles. The summed E-state index contributed by atoms with van der Waals surface area (Å²) in [5.74, 6) is 1.31.